The number of hydrazine groups is 1. The van der Waals surface area contributed by atoms with E-state index in [9.17, 15) is 9.59 Å². The highest BCUT2D eigenvalue weighted by atomic mass is 79.9. The van der Waals surface area contributed by atoms with Crippen LogP contribution < -0.4 is 16.8 Å². The van der Waals surface area contributed by atoms with E-state index in [0.717, 1.165) is 0 Å². The predicted octanol–water partition coefficient (Wildman–Crippen LogP) is 0.867. The molecule has 0 bridgehead atoms. The van der Waals surface area contributed by atoms with E-state index in [1.165, 1.54) is 10.8 Å². The van der Waals surface area contributed by atoms with Crippen LogP contribution in [0.2, 0.25) is 0 Å². The number of halogens is 1. The van der Waals surface area contributed by atoms with Crippen LogP contribution in [0.25, 0.3) is 0 Å². The summed E-state index contributed by atoms with van der Waals surface area (Å²) in [6, 6.07) is 1.56. The highest BCUT2D eigenvalue weighted by molar-refractivity contribution is 9.10. The summed E-state index contributed by atoms with van der Waals surface area (Å²) in [7, 11) is 0. The molecule has 0 aliphatic heterocycles. The van der Waals surface area contributed by atoms with Gasteiger partial charge >= 0.3 is 0 Å². The van der Waals surface area contributed by atoms with Crippen LogP contribution in [0.3, 0.4) is 0 Å². The Balaban J connectivity index is 2.39. The van der Waals surface area contributed by atoms with Crippen molar-refractivity contribution in [2.24, 2.45) is 5.84 Å². The van der Waals surface area contributed by atoms with Gasteiger partial charge in [-0.2, -0.15) is 0 Å². The van der Waals surface area contributed by atoms with Gasteiger partial charge in [-0.3, -0.25) is 19.6 Å². The molecular weight excluding hydrogens is 328 g/mol. The second-order valence-corrected chi connectivity index (χ2v) is 5.06. The number of carbonyl (C=O) groups is 1. The molecule has 7 nitrogen and oxygen atoms in total. The minimum atomic E-state index is -0.436. The normalized spacial score (nSPS) is 10.6. The third-order valence-corrected chi connectivity index (χ3v) is 3.41. The van der Waals surface area contributed by atoms with Crippen molar-refractivity contribution in [2.75, 3.05) is 0 Å². The Morgan fingerprint density at radius 3 is 2.90 bits per heavy atom. The molecule has 2 aromatic heterocycles. The van der Waals surface area contributed by atoms with Crippen molar-refractivity contribution in [2.45, 2.75) is 20.4 Å². The van der Waals surface area contributed by atoms with Gasteiger partial charge in [-0.05, 0) is 35.8 Å². The Labute approximate surface area is 122 Å². The number of rotatable bonds is 3. The van der Waals surface area contributed by atoms with Gasteiger partial charge in [0, 0.05) is 6.20 Å². The molecule has 0 aromatic carbocycles. The molecular formula is C12H13BrN4O3. The maximum atomic E-state index is 12.0. The van der Waals surface area contributed by atoms with Crippen LogP contribution in [0, 0.1) is 13.8 Å². The first kappa shape index (κ1) is 14.5. The number of amides is 1. The smallest absolute Gasteiger partial charge is 0.268 e. The topological polar surface area (TPSA) is 103 Å². The molecule has 0 radical (unpaired) electrons. The summed E-state index contributed by atoms with van der Waals surface area (Å²) >= 11 is 3.14. The highest BCUT2D eigenvalue weighted by Crippen LogP contribution is 2.15. The zero-order valence-corrected chi connectivity index (χ0v) is 12.5. The molecule has 1 amide bonds. The standard InChI is InChI=1S/C12H13BrN4O3/c1-6-9(11(18)16-14)3-8(20-6)5-17-7(2)15-4-10(13)12(17)19/h3-4H,5,14H2,1-2H3,(H,16,18). The lowest BCUT2D eigenvalue weighted by Gasteiger charge is -2.07. The lowest BCUT2D eigenvalue weighted by molar-refractivity contribution is 0.0952. The van der Waals surface area contributed by atoms with E-state index in [2.05, 4.69) is 20.9 Å². The number of hydrogen-bond acceptors (Lipinski definition) is 5. The molecule has 8 heteroatoms. The fourth-order valence-corrected chi connectivity index (χ4v) is 2.13. The van der Waals surface area contributed by atoms with Crippen LogP contribution in [0.15, 0.2) is 25.9 Å². The van der Waals surface area contributed by atoms with Crippen molar-refractivity contribution < 1.29 is 9.21 Å². The Bertz CT molecular complexity index is 720. The van der Waals surface area contributed by atoms with Gasteiger partial charge in [0.25, 0.3) is 11.5 Å². The predicted molar refractivity (Wildman–Crippen MR) is 75.1 cm³/mol. The molecule has 0 atom stereocenters. The summed E-state index contributed by atoms with van der Waals surface area (Å²) < 4.78 is 7.29. The van der Waals surface area contributed by atoms with E-state index in [-0.39, 0.29) is 12.1 Å². The SMILES string of the molecule is Cc1oc(Cn2c(C)ncc(Br)c2=O)cc1C(=O)NN. The second-order valence-electron chi connectivity index (χ2n) is 4.20. The van der Waals surface area contributed by atoms with Gasteiger partial charge in [0.15, 0.2) is 0 Å². The fourth-order valence-electron chi connectivity index (χ4n) is 1.82. The first-order valence-corrected chi connectivity index (χ1v) is 6.55. The largest absolute Gasteiger partial charge is 0.464 e. The monoisotopic (exact) mass is 340 g/mol. The number of carbonyl (C=O) groups excluding carboxylic acids is 1. The number of hydrogen-bond donors (Lipinski definition) is 2. The second kappa shape index (κ2) is 5.59. The molecule has 2 heterocycles. The first-order valence-electron chi connectivity index (χ1n) is 5.76. The summed E-state index contributed by atoms with van der Waals surface area (Å²) in [5.41, 5.74) is 2.18. The van der Waals surface area contributed by atoms with Gasteiger partial charge in [0.05, 0.1) is 12.1 Å². The van der Waals surface area contributed by atoms with Crippen LogP contribution >= 0.6 is 15.9 Å². The summed E-state index contributed by atoms with van der Waals surface area (Å²) in [5, 5.41) is 0. The molecule has 0 unspecified atom stereocenters. The molecule has 106 valence electrons. The Hall–Kier alpha value is -1.93. The average molecular weight is 341 g/mol. The first-order chi connectivity index (χ1) is 9.43. The van der Waals surface area contributed by atoms with Gasteiger partial charge in [-0.1, -0.05) is 0 Å². The van der Waals surface area contributed by atoms with E-state index in [1.807, 2.05) is 5.43 Å². The third-order valence-electron chi connectivity index (χ3n) is 2.86. The Morgan fingerprint density at radius 1 is 1.55 bits per heavy atom. The van der Waals surface area contributed by atoms with Crippen molar-refractivity contribution in [3.05, 3.63) is 50.0 Å². The minimum Gasteiger partial charge on any atom is -0.464 e. The van der Waals surface area contributed by atoms with Crippen molar-refractivity contribution in [3.63, 3.8) is 0 Å². The molecule has 0 spiro atoms. The lowest BCUT2D eigenvalue weighted by atomic mass is 10.2. The molecule has 0 aliphatic rings. The zero-order chi connectivity index (χ0) is 14.9. The van der Waals surface area contributed by atoms with Gasteiger partial charge in [-0.25, -0.2) is 10.8 Å². The molecule has 2 aromatic rings. The molecule has 0 fully saturated rings. The average Bonchev–Trinajstić information content (AvgIpc) is 2.79. The van der Waals surface area contributed by atoms with Crippen LogP contribution in [0.4, 0.5) is 0 Å². The minimum absolute atomic E-state index is 0.190. The van der Waals surface area contributed by atoms with Crippen LogP contribution in [0.1, 0.15) is 27.7 Å². The molecule has 20 heavy (non-hydrogen) atoms. The number of nitrogens with two attached hydrogens (primary N) is 1. The summed E-state index contributed by atoms with van der Waals surface area (Å²) in [5.74, 6) is 6.13. The number of furan rings is 1. The molecule has 0 aliphatic carbocycles. The van der Waals surface area contributed by atoms with Crippen LogP contribution in [0.5, 0.6) is 0 Å². The number of aromatic nitrogens is 2. The van der Waals surface area contributed by atoms with E-state index in [4.69, 9.17) is 10.3 Å². The van der Waals surface area contributed by atoms with Gasteiger partial charge < -0.3 is 4.42 Å². The van der Waals surface area contributed by atoms with Crippen LogP contribution in [-0.4, -0.2) is 15.5 Å². The van der Waals surface area contributed by atoms with Gasteiger partial charge in [0.1, 0.15) is 21.8 Å². The van der Waals surface area contributed by atoms with Crippen molar-refractivity contribution in [1.29, 1.82) is 0 Å². The number of aryl methyl sites for hydroxylation is 2. The molecule has 0 saturated heterocycles. The van der Waals surface area contributed by atoms with E-state index in [1.54, 1.807) is 19.9 Å². The fraction of sp³-hybridized carbons (Fsp3) is 0.250. The summed E-state index contributed by atoms with van der Waals surface area (Å²) in [4.78, 5) is 27.6. The van der Waals surface area contributed by atoms with Gasteiger partial charge in [0.2, 0.25) is 0 Å². The van der Waals surface area contributed by atoms with Crippen molar-refractivity contribution in [1.82, 2.24) is 15.0 Å². The summed E-state index contributed by atoms with van der Waals surface area (Å²) in [6.07, 6.45) is 1.45. The zero-order valence-electron chi connectivity index (χ0n) is 10.9. The molecule has 2 rings (SSSR count). The summed E-state index contributed by atoms with van der Waals surface area (Å²) in [6.45, 7) is 3.57. The maximum Gasteiger partial charge on any atom is 0.268 e. The van der Waals surface area contributed by atoms with Gasteiger partial charge in [-0.15, -0.1) is 0 Å². The molecule has 3 N–H and O–H groups in total. The van der Waals surface area contributed by atoms with Crippen molar-refractivity contribution in [3.8, 4) is 0 Å². The highest BCUT2D eigenvalue weighted by Gasteiger charge is 2.15. The number of nitrogen functional groups attached to an aromatic ring is 1. The third kappa shape index (κ3) is 2.66. The Kier molecular flexibility index (Phi) is 4.05. The lowest BCUT2D eigenvalue weighted by Crippen LogP contribution is -2.30. The quantitative estimate of drug-likeness (QED) is 0.490. The number of nitrogens with one attached hydrogen (secondary N) is 1. The van der Waals surface area contributed by atoms with E-state index >= 15 is 0 Å². The number of nitrogens with zero attached hydrogens (tertiary/aromatic N) is 2. The molecule has 0 saturated carbocycles. The van der Waals surface area contributed by atoms with E-state index in [0.29, 0.717) is 27.4 Å². The van der Waals surface area contributed by atoms with E-state index < -0.39 is 5.91 Å². The maximum absolute atomic E-state index is 12.0. The van der Waals surface area contributed by atoms with Crippen molar-refractivity contribution >= 4 is 21.8 Å². The Morgan fingerprint density at radius 2 is 2.25 bits per heavy atom. The van der Waals surface area contributed by atoms with Crippen LogP contribution in [-0.2, 0) is 6.54 Å².